The normalized spacial score (nSPS) is 16.3. The zero-order chi connectivity index (χ0) is 16.0. The van der Waals surface area contributed by atoms with Gasteiger partial charge in [0.2, 0.25) is 0 Å². The number of fused-ring (bicyclic) bond motifs is 1. The van der Waals surface area contributed by atoms with Crippen LogP contribution in [0.15, 0.2) is 23.8 Å². The Morgan fingerprint density at radius 3 is 2.59 bits per heavy atom. The van der Waals surface area contributed by atoms with Gasteiger partial charge in [0.15, 0.2) is 0 Å². The molecule has 122 valence electrons. The molecule has 22 heavy (non-hydrogen) atoms. The Balaban J connectivity index is 1.89. The van der Waals surface area contributed by atoms with Crippen molar-refractivity contribution in [1.29, 1.82) is 0 Å². The Kier molecular flexibility index (Phi) is 6.22. The molecule has 1 aliphatic carbocycles. The summed E-state index contributed by atoms with van der Waals surface area (Å²) in [5.74, 6) is 0. The number of hydrogen-bond donors (Lipinski definition) is 2. The highest BCUT2D eigenvalue weighted by Gasteiger charge is 2.27. The van der Waals surface area contributed by atoms with E-state index in [1.54, 1.807) is 0 Å². The number of aliphatic hydroxyl groups excluding tert-OH is 1. The molecule has 0 bridgehead atoms. The number of aryl methyl sites for hydroxylation is 1. The van der Waals surface area contributed by atoms with Gasteiger partial charge >= 0.3 is 0 Å². The molecular formula is C20H31NO. The van der Waals surface area contributed by atoms with Gasteiger partial charge in [0.25, 0.3) is 0 Å². The first-order chi connectivity index (χ1) is 10.6. The molecule has 1 aliphatic rings. The fraction of sp³-hybridized carbons (Fsp3) is 0.600. The second kappa shape index (κ2) is 7.94. The summed E-state index contributed by atoms with van der Waals surface area (Å²) < 4.78 is 0. The van der Waals surface area contributed by atoms with Gasteiger partial charge in [0.05, 0.1) is 12.1 Å². The summed E-state index contributed by atoms with van der Waals surface area (Å²) >= 11 is 0. The van der Waals surface area contributed by atoms with Crippen LogP contribution < -0.4 is 5.73 Å². The molecule has 0 amide bonds. The topological polar surface area (TPSA) is 46.2 Å². The SMILES string of the molecule is CCCCCCCCc1ccc2c(c1)C=C([C@@](C)(N)CO)C2. The molecule has 0 heterocycles. The number of benzene rings is 1. The minimum Gasteiger partial charge on any atom is -0.394 e. The first kappa shape index (κ1) is 17.2. The van der Waals surface area contributed by atoms with E-state index in [0.29, 0.717) is 0 Å². The lowest BCUT2D eigenvalue weighted by Gasteiger charge is -2.23. The van der Waals surface area contributed by atoms with Gasteiger partial charge in [-0.1, -0.05) is 63.3 Å². The Labute approximate surface area is 135 Å². The van der Waals surface area contributed by atoms with Crippen LogP contribution in [0, 0.1) is 0 Å². The van der Waals surface area contributed by atoms with Gasteiger partial charge in [-0.15, -0.1) is 0 Å². The molecule has 1 atom stereocenters. The number of unbranched alkanes of at least 4 members (excludes halogenated alkanes) is 5. The van der Waals surface area contributed by atoms with Crippen LogP contribution in [0.2, 0.25) is 0 Å². The van der Waals surface area contributed by atoms with E-state index in [-0.39, 0.29) is 6.61 Å². The molecule has 0 saturated carbocycles. The summed E-state index contributed by atoms with van der Waals surface area (Å²) in [6.45, 7) is 4.16. The first-order valence-corrected chi connectivity index (χ1v) is 8.79. The summed E-state index contributed by atoms with van der Waals surface area (Å²) in [7, 11) is 0. The Hall–Kier alpha value is -1.12. The summed E-state index contributed by atoms with van der Waals surface area (Å²) in [5.41, 5.74) is 10.8. The Morgan fingerprint density at radius 1 is 1.14 bits per heavy atom. The van der Waals surface area contributed by atoms with Crippen LogP contribution >= 0.6 is 0 Å². The van der Waals surface area contributed by atoms with Gasteiger partial charge < -0.3 is 10.8 Å². The molecule has 3 N–H and O–H groups in total. The lowest BCUT2D eigenvalue weighted by Crippen LogP contribution is -2.42. The standard InChI is InChI=1S/C20H31NO/c1-3-4-5-6-7-8-9-16-10-11-17-13-19(14-18(17)12-16)20(2,21)15-22/h10-12,14,22H,3-9,13,15,21H2,1-2H3/t20-/m0/s1. The number of hydrogen-bond acceptors (Lipinski definition) is 2. The number of nitrogens with two attached hydrogens (primary N) is 1. The van der Waals surface area contributed by atoms with Gasteiger partial charge in [0, 0.05) is 0 Å². The van der Waals surface area contributed by atoms with Crippen LogP contribution in [0.4, 0.5) is 0 Å². The minimum absolute atomic E-state index is 0.00254. The molecule has 0 aliphatic heterocycles. The van der Waals surface area contributed by atoms with E-state index in [9.17, 15) is 5.11 Å². The first-order valence-electron chi connectivity index (χ1n) is 8.79. The predicted molar refractivity (Wildman–Crippen MR) is 94.9 cm³/mol. The maximum atomic E-state index is 9.43. The van der Waals surface area contributed by atoms with Gasteiger partial charge in [-0.2, -0.15) is 0 Å². The fourth-order valence-corrected chi connectivity index (χ4v) is 3.12. The highest BCUT2D eigenvalue weighted by molar-refractivity contribution is 5.66. The highest BCUT2D eigenvalue weighted by atomic mass is 16.3. The smallest absolute Gasteiger partial charge is 0.0647 e. The molecule has 0 saturated heterocycles. The van der Waals surface area contributed by atoms with E-state index < -0.39 is 5.54 Å². The third-order valence-corrected chi connectivity index (χ3v) is 4.80. The summed E-state index contributed by atoms with van der Waals surface area (Å²) in [4.78, 5) is 0. The van der Waals surface area contributed by atoms with E-state index in [2.05, 4.69) is 31.2 Å². The molecular weight excluding hydrogens is 270 g/mol. The zero-order valence-electron chi connectivity index (χ0n) is 14.2. The van der Waals surface area contributed by atoms with E-state index in [1.165, 1.54) is 61.6 Å². The predicted octanol–water partition coefficient (Wildman–Crippen LogP) is 4.24. The van der Waals surface area contributed by atoms with Crippen molar-refractivity contribution < 1.29 is 5.11 Å². The van der Waals surface area contributed by atoms with Crippen LogP contribution in [-0.2, 0) is 12.8 Å². The average molecular weight is 301 g/mol. The molecule has 0 aromatic heterocycles. The Bertz CT molecular complexity index is 516. The molecule has 0 fully saturated rings. The number of aliphatic hydroxyl groups is 1. The van der Waals surface area contributed by atoms with Crippen molar-refractivity contribution in [2.75, 3.05) is 6.61 Å². The zero-order valence-corrected chi connectivity index (χ0v) is 14.2. The van der Waals surface area contributed by atoms with Gasteiger partial charge in [-0.3, -0.25) is 0 Å². The van der Waals surface area contributed by atoms with Crippen LogP contribution in [-0.4, -0.2) is 17.3 Å². The second-order valence-corrected chi connectivity index (χ2v) is 6.97. The fourth-order valence-electron chi connectivity index (χ4n) is 3.12. The molecule has 0 radical (unpaired) electrons. The van der Waals surface area contributed by atoms with Crippen molar-refractivity contribution >= 4 is 6.08 Å². The van der Waals surface area contributed by atoms with Crippen molar-refractivity contribution in [3.05, 3.63) is 40.5 Å². The maximum absolute atomic E-state index is 9.43. The summed E-state index contributed by atoms with van der Waals surface area (Å²) in [6, 6.07) is 6.80. The van der Waals surface area contributed by atoms with Crippen molar-refractivity contribution in [2.24, 2.45) is 5.73 Å². The lowest BCUT2D eigenvalue weighted by atomic mass is 9.92. The van der Waals surface area contributed by atoms with E-state index >= 15 is 0 Å². The molecule has 2 rings (SSSR count). The third kappa shape index (κ3) is 4.44. The minimum atomic E-state index is -0.599. The Morgan fingerprint density at radius 2 is 1.86 bits per heavy atom. The van der Waals surface area contributed by atoms with Crippen molar-refractivity contribution in [2.45, 2.75) is 70.8 Å². The monoisotopic (exact) mass is 301 g/mol. The van der Waals surface area contributed by atoms with Crippen LogP contribution in [0.1, 0.15) is 69.1 Å². The maximum Gasteiger partial charge on any atom is 0.0647 e. The van der Waals surface area contributed by atoms with Crippen LogP contribution in [0.25, 0.3) is 6.08 Å². The molecule has 1 aromatic rings. The van der Waals surface area contributed by atoms with E-state index in [4.69, 9.17) is 5.73 Å². The van der Waals surface area contributed by atoms with Gasteiger partial charge in [0.1, 0.15) is 0 Å². The van der Waals surface area contributed by atoms with Crippen molar-refractivity contribution in [3.63, 3.8) is 0 Å². The summed E-state index contributed by atoms with van der Waals surface area (Å²) in [6.07, 6.45) is 12.3. The van der Waals surface area contributed by atoms with E-state index in [1.807, 2.05) is 6.92 Å². The molecule has 2 nitrogen and oxygen atoms in total. The van der Waals surface area contributed by atoms with Crippen molar-refractivity contribution in [1.82, 2.24) is 0 Å². The van der Waals surface area contributed by atoms with E-state index in [0.717, 1.165) is 12.0 Å². The van der Waals surface area contributed by atoms with Crippen LogP contribution in [0.5, 0.6) is 0 Å². The second-order valence-electron chi connectivity index (χ2n) is 6.97. The average Bonchev–Trinajstić information content (AvgIpc) is 2.95. The molecule has 2 heteroatoms. The van der Waals surface area contributed by atoms with Crippen LogP contribution in [0.3, 0.4) is 0 Å². The summed E-state index contributed by atoms with van der Waals surface area (Å²) in [5, 5.41) is 9.43. The van der Waals surface area contributed by atoms with Gasteiger partial charge in [-0.25, -0.2) is 0 Å². The quantitative estimate of drug-likeness (QED) is 0.670. The molecule has 0 spiro atoms. The molecule has 1 aromatic carbocycles. The lowest BCUT2D eigenvalue weighted by molar-refractivity contribution is 0.230. The highest BCUT2D eigenvalue weighted by Crippen LogP contribution is 2.31. The molecule has 0 unspecified atom stereocenters. The largest absolute Gasteiger partial charge is 0.394 e. The van der Waals surface area contributed by atoms with Crippen molar-refractivity contribution in [3.8, 4) is 0 Å². The van der Waals surface area contributed by atoms with Gasteiger partial charge in [-0.05, 0) is 48.4 Å². The third-order valence-electron chi connectivity index (χ3n) is 4.80. The number of rotatable bonds is 9.